The van der Waals surface area contributed by atoms with E-state index in [4.69, 9.17) is 23.2 Å². The van der Waals surface area contributed by atoms with Crippen LogP contribution in [-0.4, -0.2) is 32.6 Å². The Hall–Kier alpha value is -2.35. The summed E-state index contributed by atoms with van der Waals surface area (Å²) in [4.78, 5) is 11.9. The fourth-order valence-electron chi connectivity index (χ4n) is 2.18. The summed E-state index contributed by atoms with van der Waals surface area (Å²) < 4.78 is 1.83. The van der Waals surface area contributed by atoms with E-state index in [9.17, 15) is 4.79 Å². The quantitative estimate of drug-likeness (QED) is 0.371. The zero-order valence-corrected chi connectivity index (χ0v) is 16.6. The highest BCUT2D eigenvalue weighted by atomic mass is 35.5. The van der Waals surface area contributed by atoms with E-state index >= 15 is 0 Å². The second-order valence-corrected chi connectivity index (χ2v) is 7.32. The van der Waals surface area contributed by atoms with E-state index in [2.05, 4.69) is 20.7 Å². The lowest BCUT2D eigenvalue weighted by Gasteiger charge is -2.04. The first-order valence-electron chi connectivity index (χ1n) is 7.88. The molecule has 3 aromatic rings. The molecule has 0 saturated heterocycles. The number of rotatable bonds is 6. The average molecular weight is 420 g/mol. The molecule has 0 bridgehead atoms. The number of hydrogen-bond donors (Lipinski definition) is 1. The van der Waals surface area contributed by atoms with Gasteiger partial charge in [-0.15, -0.1) is 10.2 Å². The zero-order valence-electron chi connectivity index (χ0n) is 14.3. The molecule has 138 valence electrons. The summed E-state index contributed by atoms with van der Waals surface area (Å²) >= 11 is 13.0. The Balaban J connectivity index is 1.54. The Bertz CT molecular complexity index is 955. The van der Waals surface area contributed by atoms with Crippen molar-refractivity contribution in [3.05, 3.63) is 64.1 Å². The molecule has 0 aliphatic heterocycles. The number of hydrazone groups is 1. The minimum absolute atomic E-state index is 0.171. The third-order valence-electron chi connectivity index (χ3n) is 3.54. The zero-order chi connectivity index (χ0) is 19.2. The van der Waals surface area contributed by atoms with Crippen molar-refractivity contribution >= 4 is 47.1 Å². The van der Waals surface area contributed by atoms with Crippen molar-refractivity contribution in [2.45, 2.75) is 5.16 Å². The van der Waals surface area contributed by atoms with Gasteiger partial charge in [-0.2, -0.15) is 5.10 Å². The fraction of sp³-hybridized carbons (Fsp3) is 0.111. The Morgan fingerprint density at radius 3 is 2.41 bits per heavy atom. The number of thioether (sulfide) groups is 1. The van der Waals surface area contributed by atoms with Gasteiger partial charge in [0.25, 0.3) is 5.91 Å². The molecule has 0 aliphatic rings. The summed E-state index contributed by atoms with van der Waals surface area (Å²) in [6.07, 6.45) is 1.56. The van der Waals surface area contributed by atoms with Crippen LogP contribution in [0.25, 0.3) is 11.4 Å². The van der Waals surface area contributed by atoms with Crippen LogP contribution in [0.3, 0.4) is 0 Å². The molecule has 0 fully saturated rings. The van der Waals surface area contributed by atoms with Gasteiger partial charge in [-0.25, -0.2) is 5.43 Å². The first-order valence-corrected chi connectivity index (χ1v) is 9.62. The standard InChI is InChI=1S/C18H15Cl2N5OS/c1-25-17(13-4-8-15(20)9-5-13)23-24-18(25)27-11-16(26)22-21-10-12-2-6-14(19)7-3-12/h2-10H,11H2,1H3,(H,22,26)/b21-10+. The molecule has 1 aromatic heterocycles. The summed E-state index contributed by atoms with van der Waals surface area (Å²) in [7, 11) is 1.85. The van der Waals surface area contributed by atoms with E-state index in [0.717, 1.165) is 11.1 Å². The number of benzene rings is 2. The van der Waals surface area contributed by atoms with Gasteiger partial charge in [0.15, 0.2) is 11.0 Å². The average Bonchev–Trinajstić information content (AvgIpc) is 3.03. The van der Waals surface area contributed by atoms with Crippen molar-refractivity contribution in [1.82, 2.24) is 20.2 Å². The molecule has 0 saturated carbocycles. The van der Waals surface area contributed by atoms with Crippen molar-refractivity contribution < 1.29 is 4.79 Å². The molecule has 6 nitrogen and oxygen atoms in total. The minimum Gasteiger partial charge on any atom is -0.305 e. The second kappa shape index (κ2) is 9.03. The molecule has 1 heterocycles. The Labute approximate surface area is 170 Å². The fourth-order valence-corrected chi connectivity index (χ4v) is 3.14. The van der Waals surface area contributed by atoms with Crippen LogP contribution in [0.2, 0.25) is 10.0 Å². The molecule has 1 amide bonds. The number of nitrogens with zero attached hydrogens (tertiary/aromatic N) is 4. The van der Waals surface area contributed by atoms with Crippen LogP contribution in [-0.2, 0) is 11.8 Å². The SMILES string of the molecule is Cn1c(SCC(=O)N/N=C/c2ccc(Cl)cc2)nnc1-c1ccc(Cl)cc1. The Morgan fingerprint density at radius 2 is 1.74 bits per heavy atom. The molecule has 0 atom stereocenters. The van der Waals surface area contributed by atoms with Crippen LogP contribution in [0.4, 0.5) is 0 Å². The van der Waals surface area contributed by atoms with Gasteiger partial charge in [0, 0.05) is 22.7 Å². The highest BCUT2D eigenvalue weighted by Gasteiger charge is 2.12. The highest BCUT2D eigenvalue weighted by Crippen LogP contribution is 2.23. The van der Waals surface area contributed by atoms with Gasteiger partial charge in [-0.1, -0.05) is 47.1 Å². The summed E-state index contributed by atoms with van der Waals surface area (Å²) in [6, 6.07) is 14.5. The Morgan fingerprint density at radius 1 is 1.11 bits per heavy atom. The molecular weight excluding hydrogens is 405 g/mol. The summed E-state index contributed by atoms with van der Waals surface area (Å²) in [5.41, 5.74) is 4.23. The predicted octanol–water partition coefficient (Wildman–Crippen LogP) is 4.03. The van der Waals surface area contributed by atoms with Gasteiger partial charge >= 0.3 is 0 Å². The van der Waals surface area contributed by atoms with E-state index in [1.54, 1.807) is 30.5 Å². The maximum absolute atomic E-state index is 11.9. The van der Waals surface area contributed by atoms with Crippen molar-refractivity contribution in [3.8, 4) is 11.4 Å². The molecule has 0 spiro atoms. The van der Waals surface area contributed by atoms with Crippen LogP contribution in [0.1, 0.15) is 5.56 Å². The van der Waals surface area contributed by atoms with Crippen LogP contribution >= 0.6 is 35.0 Å². The number of nitrogens with one attached hydrogen (secondary N) is 1. The number of carbonyl (C=O) groups excluding carboxylic acids is 1. The first kappa shape index (κ1) is 19.4. The van der Waals surface area contributed by atoms with E-state index in [1.165, 1.54) is 11.8 Å². The second-order valence-electron chi connectivity index (χ2n) is 5.51. The predicted molar refractivity (Wildman–Crippen MR) is 109 cm³/mol. The summed E-state index contributed by atoms with van der Waals surface area (Å²) in [6.45, 7) is 0. The molecule has 0 unspecified atom stereocenters. The van der Waals surface area contributed by atoms with Crippen molar-refractivity contribution in [1.29, 1.82) is 0 Å². The third kappa shape index (κ3) is 5.32. The minimum atomic E-state index is -0.235. The van der Waals surface area contributed by atoms with Crippen LogP contribution in [0, 0.1) is 0 Å². The molecule has 2 aromatic carbocycles. The number of hydrogen-bond acceptors (Lipinski definition) is 5. The van der Waals surface area contributed by atoms with Crippen molar-refractivity contribution in [3.63, 3.8) is 0 Å². The lowest BCUT2D eigenvalue weighted by molar-refractivity contribution is -0.118. The maximum Gasteiger partial charge on any atom is 0.250 e. The topological polar surface area (TPSA) is 72.2 Å². The van der Waals surface area contributed by atoms with Gasteiger partial charge in [-0.05, 0) is 42.0 Å². The third-order valence-corrected chi connectivity index (χ3v) is 5.07. The number of carbonyl (C=O) groups is 1. The Kier molecular flexibility index (Phi) is 6.49. The first-order chi connectivity index (χ1) is 13.0. The van der Waals surface area contributed by atoms with Gasteiger partial charge in [-0.3, -0.25) is 4.79 Å². The summed E-state index contributed by atoms with van der Waals surface area (Å²) in [5, 5.41) is 14.2. The van der Waals surface area contributed by atoms with E-state index in [-0.39, 0.29) is 11.7 Å². The van der Waals surface area contributed by atoms with Crippen LogP contribution in [0.5, 0.6) is 0 Å². The lowest BCUT2D eigenvalue weighted by Crippen LogP contribution is -2.19. The lowest BCUT2D eigenvalue weighted by atomic mass is 10.2. The van der Waals surface area contributed by atoms with Crippen LogP contribution < -0.4 is 5.43 Å². The molecule has 3 rings (SSSR count). The maximum atomic E-state index is 11.9. The van der Waals surface area contributed by atoms with Crippen molar-refractivity contribution in [2.75, 3.05) is 5.75 Å². The van der Waals surface area contributed by atoms with Gasteiger partial charge in [0.2, 0.25) is 0 Å². The van der Waals surface area contributed by atoms with E-state index in [1.807, 2.05) is 35.9 Å². The normalized spacial score (nSPS) is 11.1. The van der Waals surface area contributed by atoms with Gasteiger partial charge in [0.05, 0.1) is 12.0 Å². The van der Waals surface area contributed by atoms with Crippen LogP contribution in [0.15, 0.2) is 58.8 Å². The highest BCUT2D eigenvalue weighted by molar-refractivity contribution is 7.99. The van der Waals surface area contributed by atoms with Gasteiger partial charge in [0.1, 0.15) is 0 Å². The molecule has 27 heavy (non-hydrogen) atoms. The molecule has 0 radical (unpaired) electrons. The molecule has 9 heteroatoms. The number of amides is 1. The number of aromatic nitrogens is 3. The molecule has 1 N–H and O–H groups in total. The van der Waals surface area contributed by atoms with Crippen molar-refractivity contribution in [2.24, 2.45) is 12.1 Å². The largest absolute Gasteiger partial charge is 0.305 e. The molecular formula is C18H15Cl2N5OS. The monoisotopic (exact) mass is 419 g/mol. The van der Waals surface area contributed by atoms with E-state index < -0.39 is 0 Å². The van der Waals surface area contributed by atoms with E-state index in [0.29, 0.717) is 21.0 Å². The smallest absolute Gasteiger partial charge is 0.250 e. The summed E-state index contributed by atoms with van der Waals surface area (Å²) in [5.74, 6) is 0.640. The van der Waals surface area contributed by atoms with Gasteiger partial charge < -0.3 is 4.57 Å². The number of halogens is 2. The molecule has 0 aliphatic carbocycles.